The van der Waals surface area contributed by atoms with Gasteiger partial charge in [-0.2, -0.15) is 5.26 Å². The number of ether oxygens (including phenoxy) is 2. The van der Waals surface area contributed by atoms with Crippen LogP contribution >= 0.6 is 0 Å². The van der Waals surface area contributed by atoms with E-state index in [4.69, 9.17) is 14.7 Å². The van der Waals surface area contributed by atoms with Crippen molar-refractivity contribution in [2.75, 3.05) is 13.7 Å². The highest BCUT2D eigenvalue weighted by atomic mass is 16.5. The van der Waals surface area contributed by atoms with E-state index in [-0.39, 0.29) is 6.10 Å². The number of nitriles is 1. The SMILES string of the molecule is CCC1CC(C#N)(OC)CCO1. The minimum Gasteiger partial charge on any atom is -0.378 e. The van der Waals surface area contributed by atoms with Crippen LogP contribution in [0.4, 0.5) is 0 Å². The summed E-state index contributed by atoms with van der Waals surface area (Å²) in [5.41, 5.74) is -0.584. The summed E-state index contributed by atoms with van der Waals surface area (Å²) < 4.78 is 10.7. The molecule has 1 rings (SSSR count). The molecule has 3 nitrogen and oxygen atoms in total. The standard InChI is InChI=1S/C9H15NO2/c1-3-8-6-9(7-10,11-2)4-5-12-8/h8H,3-6H2,1-2H3. The summed E-state index contributed by atoms with van der Waals surface area (Å²) in [4.78, 5) is 0. The van der Waals surface area contributed by atoms with E-state index < -0.39 is 5.60 Å². The molecule has 0 saturated carbocycles. The van der Waals surface area contributed by atoms with Gasteiger partial charge < -0.3 is 9.47 Å². The minimum atomic E-state index is -0.584. The summed E-state index contributed by atoms with van der Waals surface area (Å²) in [6.07, 6.45) is 2.54. The third-order valence-electron chi connectivity index (χ3n) is 2.47. The third kappa shape index (κ3) is 1.77. The molecule has 3 heteroatoms. The second kappa shape index (κ2) is 3.88. The molecule has 1 saturated heterocycles. The fourth-order valence-corrected chi connectivity index (χ4v) is 1.51. The zero-order chi connectivity index (χ0) is 9.03. The van der Waals surface area contributed by atoms with Crippen molar-refractivity contribution >= 4 is 0 Å². The van der Waals surface area contributed by atoms with E-state index >= 15 is 0 Å². The Kier molecular flexibility index (Phi) is 3.07. The lowest BCUT2D eigenvalue weighted by Gasteiger charge is -2.34. The van der Waals surface area contributed by atoms with Crippen LogP contribution in [0.5, 0.6) is 0 Å². The normalized spacial score (nSPS) is 35.9. The van der Waals surface area contributed by atoms with Gasteiger partial charge in [-0.15, -0.1) is 0 Å². The molecule has 12 heavy (non-hydrogen) atoms. The molecular weight excluding hydrogens is 154 g/mol. The van der Waals surface area contributed by atoms with Gasteiger partial charge in [0.15, 0.2) is 5.60 Å². The Balaban J connectivity index is 2.60. The number of hydrogen-bond acceptors (Lipinski definition) is 3. The molecule has 0 spiro atoms. The van der Waals surface area contributed by atoms with Gasteiger partial charge in [0.25, 0.3) is 0 Å². The molecule has 0 bridgehead atoms. The van der Waals surface area contributed by atoms with E-state index in [2.05, 4.69) is 13.0 Å². The number of methoxy groups -OCH3 is 1. The first-order valence-corrected chi connectivity index (χ1v) is 4.34. The molecule has 0 aliphatic carbocycles. The largest absolute Gasteiger partial charge is 0.378 e. The van der Waals surface area contributed by atoms with Crippen molar-refractivity contribution in [2.24, 2.45) is 0 Å². The van der Waals surface area contributed by atoms with Crippen molar-refractivity contribution < 1.29 is 9.47 Å². The summed E-state index contributed by atoms with van der Waals surface area (Å²) >= 11 is 0. The van der Waals surface area contributed by atoms with Crippen molar-refractivity contribution in [2.45, 2.75) is 37.9 Å². The van der Waals surface area contributed by atoms with Crippen LogP contribution in [0.1, 0.15) is 26.2 Å². The molecule has 0 aromatic rings. The second-order valence-electron chi connectivity index (χ2n) is 3.17. The molecule has 0 amide bonds. The molecule has 0 N–H and O–H groups in total. The van der Waals surface area contributed by atoms with Crippen molar-refractivity contribution in [3.05, 3.63) is 0 Å². The second-order valence-corrected chi connectivity index (χ2v) is 3.17. The van der Waals surface area contributed by atoms with Crippen LogP contribution < -0.4 is 0 Å². The Labute approximate surface area is 73.3 Å². The van der Waals surface area contributed by atoms with Gasteiger partial charge >= 0.3 is 0 Å². The maximum Gasteiger partial charge on any atom is 0.158 e. The highest BCUT2D eigenvalue weighted by molar-refractivity contribution is 5.04. The lowest BCUT2D eigenvalue weighted by atomic mass is 9.91. The Morgan fingerprint density at radius 2 is 2.50 bits per heavy atom. The van der Waals surface area contributed by atoms with Gasteiger partial charge in [-0.1, -0.05) is 6.92 Å². The third-order valence-corrected chi connectivity index (χ3v) is 2.47. The van der Waals surface area contributed by atoms with Crippen molar-refractivity contribution in [1.29, 1.82) is 5.26 Å². The van der Waals surface area contributed by atoms with Gasteiger partial charge in [-0.3, -0.25) is 0 Å². The lowest BCUT2D eigenvalue weighted by Crippen LogP contribution is -2.41. The molecule has 0 radical (unpaired) electrons. The van der Waals surface area contributed by atoms with Gasteiger partial charge in [-0.25, -0.2) is 0 Å². The van der Waals surface area contributed by atoms with Crippen LogP contribution in [0, 0.1) is 11.3 Å². The van der Waals surface area contributed by atoms with Crippen molar-refractivity contribution in [3.8, 4) is 6.07 Å². The average molecular weight is 169 g/mol. The molecule has 2 atom stereocenters. The molecule has 1 heterocycles. The molecule has 1 aliphatic heterocycles. The highest BCUT2D eigenvalue weighted by Gasteiger charge is 2.36. The topological polar surface area (TPSA) is 42.2 Å². The monoisotopic (exact) mass is 169 g/mol. The average Bonchev–Trinajstić information content (AvgIpc) is 2.18. The molecule has 1 aliphatic rings. The van der Waals surface area contributed by atoms with Gasteiger partial charge in [0.05, 0.1) is 18.8 Å². The van der Waals surface area contributed by atoms with Crippen molar-refractivity contribution in [1.82, 2.24) is 0 Å². The number of hydrogen-bond donors (Lipinski definition) is 0. The quantitative estimate of drug-likeness (QED) is 0.628. The van der Waals surface area contributed by atoms with Crippen LogP contribution in [-0.4, -0.2) is 25.4 Å². The van der Waals surface area contributed by atoms with Gasteiger partial charge in [-0.05, 0) is 6.42 Å². The first-order valence-electron chi connectivity index (χ1n) is 4.34. The summed E-state index contributed by atoms with van der Waals surface area (Å²) in [6.45, 7) is 2.70. The molecule has 68 valence electrons. The molecule has 0 aromatic carbocycles. The molecule has 0 aromatic heterocycles. The predicted octanol–water partition coefficient (Wildman–Crippen LogP) is 1.48. The lowest BCUT2D eigenvalue weighted by molar-refractivity contribution is -0.0936. The zero-order valence-corrected chi connectivity index (χ0v) is 7.67. The van der Waals surface area contributed by atoms with Gasteiger partial charge in [0.2, 0.25) is 0 Å². The highest BCUT2D eigenvalue weighted by Crippen LogP contribution is 2.28. The van der Waals surface area contributed by atoms with Gasteiger partial charge in [0, 0.05) is 20.0 Å². The molecule has 2 unspecified atom stereocenters. The van der Waals surface area contributed by atoms with E-state index in [1.165, 1.54) is 0 Å². The maximum atomic E-state index is 8.92. The van der Waals surface area contributed by atoms with E-state index in [0.717, 1.165) is 6.42 Å². The van der Waals surface area contributed by atoms with E-state index in [1.54, 1.807) is 7.11 Å². The van der Waals surface area contributed by atoms with E-state index in [1.807, 2.05) is 0 Å². The fraction of sp³-hybridized carbons (Fsp3) is 0.889. The summed E-state index contributed by atoms with van der Waals surface area (Å²) in [6, 6.07) is 2.23. The summed E-state index contributed by atoms with van der Waals surface area (Å²) in [5, 5.41) is 8.92. The summed E-state index contributed by atoms with van der Waals surface area (Å²) in [5.74, 6) is 0. The van der Waals surface area contributed by atoms with Crippen LogP contribution in [-0.2, 0) is 9.47 Å². The fourth-order valence-electron chi connectivity index (χ4n) is 1.51. The van der Waals surface area contributed by atoms with Crippen molar-refractivity contribution in [3.63, 3.8) is 0 Å². The predicted molar refractivity (Wildman–Crippen MR) is 44.6 cm³/mol. The Morgan fingerprint density at radius 3 is 3.00 bits per heavy atom. The maximum absolute atomic E-state index is 8.92. The van der Waals surface area contributed by atoms with Crippen LogP contribution in [0.3, 0.4) is 0 Å². The van der Waals surface area contributed by atoms with Crippen LogP contribution in [0.15, 0.2) is 0 Å². The Hall–Kier alpha value is -0.590. The number of nitrogens with zero attached hydrogens (tertiary/aromatic N) is 1. The Bertz CT molecular complexity index is 187. The molecule has 1 fully saturated rings. The molecular formula is C9H15NO2. The zero-order valence-electron chi connectivity index (χ0n) is 7.67. The first kappa shape index (κ1) is 9.50. The van der Waals surface area contributed by atoms with Crippen LogP contribution in [0.25, 0.3) is 0 Å². The Morgan fingerprint density at radius 1 is 1.75 bits per heavy atom. The van der Waals surface area contributed by atoms with Crippen LogP contribution in [0.2, 0.25) is 0 Å². The minimum absolute atomic E-state index is 0.193. The first-order chi connectivity index (χ1) is 5.76. The summed E-state index contributed by atoms with van der Waals surface area (Å²) in [7, 11) is 1.60. The van der Waals surface area contributed by atoms with E-state index in [0.29, 0.717) is 19.4 Å². The smallest absolute Gasteiger partial charge is 0.158 e. The van der Waals surface area contributed by atoms with E-state index in [9.17, 15) is 0 Å². The van der Waals surface area contributed by atoms with Gasteiger partial charge in [0.1, 0.15) is 0 Å². The number of rotatable bonds is 2.